The van der Waals surface area contributed by atoms with Crippen molar-refractivity contribution in [1.29, 1.82) is 0 Å². The van der Waals surface area contributed by atoms with E-state index in [2.05, 4.69) is 44.5 Å². The highest BCUT2D eigenvalue weighted by Crippen LogP contribution is 2.33. The summed E-state index contributed by atoms with van der Waals surface area (Å²) in [6.07, 6.45) is 0. The van der Waals surface area contributed by atoms with Gasteiger partial charge in [0.2, 0.25) is 0 Å². The number of nitrogens with zero attached hydrogens (tertiary/aromatic N) is 1. The monoisotopic (exact) mass is 173 g/mol. The maximum Gasteiger partial charge on any atom is 0.0435 e. The Kier molecular flexibility index (Phi) is 1.69. The molecular weight excluding hydrogens is 158 g/mol. The third kappa shape index (κ3) is 1.07. The average Bonchev–Trinajstić information content (AvgIpc) is 2.38. The normalized spacial score (nSPS) is 15.0. The molecule has 2 rings (SSSR count). The molecule has 0 atom stereocenters. The molecule has 1 aromatic rings. The van der Waals surface area contributed by atoms with E-state index in [9.17, 15) is 0 Å². The van der Waals surface area contributed by atoms with Crippen LogP contribution in [0.5, 0.6) is 0 Å². The van der Waals surface area contributed by atoms with E-state index in [0.29, 0.717) is 0 Å². The summed E-state index contributed by atoms with van der Waals surface area (Å²) in [5.74, 6) is 0. The van der Waals surface area contributed by atoms with Crippen LogP contribution in [-0.4, -0.2) is 11.9 Å². The van der Waals surface area contributed by atoms with E-state index in [4.69, 9.17) is 0 Å². The fraction of sp³-hybridized carbons (Fsp3) is 0.333. The lowest BCUT2D eigenvalue weighted by Crippen LogP contribution is -2.06. The third-order valence-corrected chi connectivity index (χ3v) is 3.04. The first-order chi connectivity index (χ1) is 6.11. The van der Waals surface area contributed by atoms with Gasteiger partial charge in [-0.1, -0.05) is 18.7 Å². The number of rotatable bonds is 0. The van der Waals surface area contributed by atoms with E-state index < -0.39 is 0 Å². The first-order valence-electron chi connectivity index (χ1n) is 4.60. The van der Waals surface area contributed by atoms with Crippen molar-refractivity contribution in [2.24, 2.45) is 0 Å². The smallest absolute Gasteiger partial charge is 0.0435 e. The van der Waals surface area contributed by atoms with E-state index in [1.54, 1.807) is 0 Å². The van der Waals surface area contributed by atoms with Gasteiger partial charge >= 0.3 is 0 Å². The Hall–Kier alpha value is -1.24. The minimum Gasteiger partial charge on any atom is -0.370 e. The molecule has 1 aliphatic heterocycles. The van der Waals surface area contributed by atoms with E-state index in [1.807, 2.05) is 0 Å². The lowest BCUT2D eigenvalue weighted by Gasteiger charge is -2.10. The number of hydrogen-bond donors (Lipinski definition) is 0. The first-order valence-corrected chi connectivity index (χ1v) is 4.60. The van der Waals surface area contributed by atoms with Gasteiger partial charge in [0.25, 0.3) is 0 Å². The topological polar surface area (TPSA) is 3.24 Å². The second-order valence-electron chi connectivity index (χ2n) is 3.84. The largest absolute Gasteiger partial charge is 0.370 e. The molecule has 1 heteroatoms. The Balaban J connectivity index is 2.64. The Labute approximate surface area is 79.7 Å². The first kappa shape index (κ1) is 8.36. The highest BCUT2D eigenvalue weighted by atomic mass is 15.1. The van der Waals surface area contributed by atoms with Crippen LogP contribution in [0.15, 0.2) is 18.7 Å². The van der Waals surface area contributed by atoms with Crippen molar-refractivity contribution in [3.63, 3.8) is 0 Å². The molecule has 1 heterocycles. The summed E-state index contributed by atoms with van der Waals surface area (Å²) in [5.41, 5.74) is 6.72. The number of fused-ring (bicyclic) bond motifs is 1. The average molecular weight is 173 g/mol. The SMILES string of the molecule is C=C1c2ccc(C)c(C)c2CN1C. The van der Waals surface area contributed by atoms with Gasteiger partial charge < -0.3 is 4.90 Å². The minimum absolute atomic E-state index is 1.02. The van der Waals surface area contributed by atoms with Crippen LogP contribution >= 0.6 is 0 Å². The molecule has 0 N–H and O–H groups in total. The number of hydrogen-bond acceptors (Lipinski definition) is 1. The Morgan fingerprint density at radius 1 is 1.31 bits per heavy atom. The van der Waals surface area contributed by atoms with Crippen molar-refractivity contribution in [3.05, 3.63) is 41.0 Å². The summed E-state index contributed by atoms with van der Waals surface area (Å²) in [7, 11) is 2.09. The van der Waals surface area contributed by atoms with Gasteiger partial charge in [-0.2, -0.15) is 0 Å². The van der Waals surface area contributed by atoms with Crippen LogP contribution in [0, 0.1) is 13.8 Å². The van der Waals surface area contributed by atoms with Gasteiger partial charge in [0.05, 0.1) is 0 Å². The summed E-state index contributed by atoms with van der Waals surface area (Å²) in [4.78, 5) is 2.21. The molecule has 0 saturated carbocycles. The summed E-state index contributed by atoms with van der Waals surface area (Å²) >= 11 is 0. The van der Waals surface area contributed by atoms with Crippen molar-refractivity contribution < 1.29 is 0 Å². The molecule has 0 radical (unpaired) electrons. The van der Waals surface area contributed by atoms with Gasteiger partial charge in [0.15, 0.2) is 0 Å². The Morgan fingerprint density at radius 2 is 2.00 bits per heavy atom. The van der Waals surface area contributed by atoms with Gasteiger partial charge in [0.1, 0.15) is 0 Å². The zero-order valence-electron chi connectivity index (χ0n) is 8.52. The molecule has 0 spiro atoms. The van der Waals surface area contributed by atoms with Crippen LogP contribution in [0.1, 0.15) is 22.3 Å². The fourth-order valence-electron chi connectivity index (χ4n) is 1.89. The van der Waals surface area contributed by atoms with Gasteiger partial charge in [-0.05, 0) is 30.5 Å². The maximum absolute atomic E-state index is 4.07. The summed E-state index contributed by atoms with van der Waals surface area (Å²) < 4.78 is 0. The van der Waals surface area contributed by atoms with Gasteiger partial charge in [-0.15, -0.1) is 0 Å². The zero-order valence-corrected chi connectivity index (χ0v) is 8.52. The van der Waals surface area contributed by atoms with Gasteiger partial charge in [-0.25, -0.2) is 0 Å². The molecule has 1 aromatic carbocycles. The second kappa shape index (κ2) is 2.63. The minimum atomic E-state index is 1.02. The molecule has 1 aliphatic rings. The number of benzene rings is 1. The van der Waals surface area contributed by atoms with Crippen molar-refractivity contribution in [3.8, 4) is 0 Å². The second-order valence-corrected chi connectivity index (χ2v) is 3.84. The molecular formula is C12H15N. The molecule has 0 fully saturated rings. The highest BCUT2D eigenvalue weighted by molar-refractivity contribution is 5.70. The molecule has 13 heavy (non-hydrogen) atoms. The Bertz CT molecular complexity index is 377. The van der Waals surface area contributed by atoms with Crippen LogP contribution in [0.4, 0.5) is 0 Å². The van der Waals surface area contributed by atoms with Gasteiger partial charge in [0, 0.05) is 24.9 Å². The van der Waals surface area contributed by atoms with Crippen LogP contribution < -0.4 is 0 Å². The van der Waals surface area contributed by atoms with Crippen molar-refractivity contribution in [1.82, 2.24) is 4.90 Å². The molecule has 0 unspecified atom stereocenters. The highest BCUT2D eigenvalue weighted by Gasteiger charge is 2.20. The molecule has 0 bridgehead atoms. The molecule has 1 nitrogen and oxygen atoms in total. The predicted molar refractivity (Wildman–Crippen MR) is 56.4 cm³/mol. The molecule has 0 amide bonds. The van der Waals surface area contributed by atoms with E-state index in [-0.39, 0.29) is 0 Å². The van der Waals surface area contributed by atoms with Crippen LogP contribution in [0.2, 0.25) is 0 Å². The summed E-state index contributed by atoms with van der Waals surface area (Å²) in [6.45, 7) is 9.45. The van der Waals surface area contributed by atoms with E-state index >= 15 is 0 Å². The third-order valence-electron chi connectivity index (χ3n) is 3.04. The molecule has 0 aromatic heterocycles. The van der Waals surface area contributed by atoms with Crippen LogP contribution in [0.25, 0.3) is 5.70 Å². The summed E-state index contributed by atoms with van der Waals surface area (Å²) in [5, 5.41) is 0. The van der Waals surface area contributed by atoms with Crippen LogP contribution in [0.3, 0.4) is 0 Å². The van der Waals surface area contributed by atoms with E-state index in [0.717, 1.165) is 12.2 Å². The molecule has 0 aliphatic carbocycles. The predicted octanol–water partition coefficient (Wildman–Crippen LogP) is 2.72. The van der Waals surface area contributed by atoms with Crippen LogP contribution in [-0.2, 0) is 6.54 Å². The quantitative estimate of drug-likeness (QED) is 0.583. The van der Waals surface area contributed by atoms with Gasteiger partial charge in [-0.3, -0.25) is 0 Å². The van der Waals surface area contributed by atoms with Crippen molar-refractivity contribution in [2.75, 3.05) is 7.05 Å². The number of aryl methyl sites for hydroxylation is 1. The van der Waals surface area contributed by atoms with E-state index in [1.165, 1.54) is 22.3 Å². The standard InChI is InChI=1S/C12H15N/c1-8-5-6-11-10(3)13(4)7-12(11)9(8)2/h5-6H,3,7H2,1-2,4H3. The molecule has 0 saturated heterocycles. The van der Waals surface area contributed by atoms with Crippen molar-refractivity contribution in [2.45, 2.75) is 20.4 Å². The lowest BCUT2D eigenvalue weighted by molar-refractivity contribution is 0.500. The lowest BCUT2D eigenvalue weighted by atomic mass is 9.99. The van der Waals surface area contributed by atoms with Crippen molar-refractivity contribution >= 4 is 5.70 Å². The molecule has 68 valence electrons. The fourth-order valence-corrected chi connectivity index (χ4v) is 1.89. The zero-order chi connectivity index (χ0) is 9.59. The summed E-state index contributed by atoms with van der Waals surface area (Å²) in [6, 6.07) is 4.36. The maximum atomic E-state index is 4.07. The Morgan fingerprint density at radius 3 is 2.69 bits per heavy atom.